The van der Waals surface area contributed by atoms with E-state index in [0.717, 1.165) is 65.8 Å². The smallest absolute Gasteiger partial charge is 0.307 e. The molecule has 1 aliphatic heterocycles. The molecule has 3 N–H and O–H groups in total. The Morgan fingerprint density at radius 1 is 0.913 bits per heavy atom. The number of aromatic nitrogens is 3. The van der Waals surface area contributed by atoms with Gasteiger partial charge in [-0.2, -0.15) is 5.10 Å². The first-order valence-corrected chi connectivity index (χ1v) is 16.2. The number of pyridine rings is 1. The van der Waals surface area contributed by atoms with Gasteiger partial charge in [0.1, 0.15) is 5.82 Å². The van der Waals surface area contributed by atoms with Crippen LogP contribution in [0.2, 0.25) is 0 Å². The Balaban J connectivity index is 1.13. The minimum Gasteiger partial charge on any atom is -0.307 e. The first-order valence-electron chi connectivity index (χ1n) is 16.2. The number of benzene rings is 3. The highest BCUT2D eigenvalue weighted by Crippen LogP contribution is 2.36. The number of para-hydroxylation sites is 1. The zero-order valence-corrected chi connectivity index (χ0v) is 27.0. The van der Waals surface area contributed by atoms with E-state index in [9.17, 15) is 4.79 Å². The minimum atomic E-state index is -0.327. The number of nitrogens with one attached hydrogen (secondary N) is 3. The van der Waals surface area contributed by atoms with Gasteiger partial charge >= 0.3 is 6.03 Å². The lowest BCUT2D eigenvalue weighted by Gasteiger charge is -2.29. The summed E-state index contributed by atoms with van der Waals surface area (Å²) in [4.78, 5) is 17.9. The van der Waals surface area contributed by atoms with Crippen molar-refractivity contribution >= 4 is 39.6 Å². The molecule has 7 rings (SSSR count). The maximum Gasteiger partial charge on any atom is 0.324 e. The molecule has 0 saturated carbocycles. The van der Waals surface area contributed by atoms with Gasteiger partial charge in [0, 0.05) is 35.1 Å². The Morgan fingerprint density at radius 2 is 1.72 bits per heavy atom. The maximum atomic E-state index is 13.5. The third kappa shape index (κ3) is 6.00. The molecule has 2 aliphatic rings. The normalized spacial score (nSPS) is 16.3. The molecular formula is C38H41N7O. The van der Waals surface area contributed by atoms with E-state index < -0.39 is 0 Å². The van der Waals surface area contributed by atoms with Crippen molar-refractivity contribution in [3.8, 4) is 5.69 Å². The lowest BCUT2D eigenvalue weighted by molar-refractivity contribution is 0.262. The number of anilines is 3. The van der Waals surface area contributed by atoms with Crippen molar-refractivity contribution < 1.29 is 4.79 Å². The Hall–Kier alpha value is -4.95. The highest BCUT2D eigenvalue weighted by molar-refractivity contribution is 6.08. The van der Waals surface area contributed by atoms with E-state index in [4.69, 9.17) is 5.10 Å². The summed E-state index contributed by atoms with van der Waals surface area (Å²) in [6.45, 7) is 9.26. The van der Waals surface area contributed by atoms with E-state index in [1.807, 2.05) is 37.3 Å². The second-order valence-corrected chi connectivity index (χ2v) is 13.4. The molecule has 3 aromatic carbocycles. The van der Waals surface area contributed by atoms with Crippen molar-refractivity contribution in [2.45, 2.75) is 64.8 Å². The number of fused-ring (bicyclic) bond motifs is 2. The summed E-state index contributed by atoms with van der Waals surface area (Å²) in [5, 5.41) is 15.4. The molecule has 5 aromatic rings. The molecule has 8 nitrogen and oxygen atoms in total. The summed E-state index contributed by atoms with van der Waals surface area (Å²) in [6, 6.07) is 26.9. The fraction of sp³-hybridized carbons (Fsp3) is 0.289. The maximum absolute atomic E-state index is 13.5. The van der Waals surface area contributed by atoms with Crippen molar-refractivity contribution in [1.82, 2.24) is 20.2 Å². The van der Waals surface area contributed by atoms with Crippen LogP contribution in [0.1, 0.15) is 62.5 Å². The van der Waals surface area contributed by atoms with Crippen LogP contribution in [0.15, 0.2) is 91.1 Å². The van der Waals surface area contributed by atoms with Crippen LogP contribution in [0.5, 0.6) is 0 Å². The summed E-state index contributed by atoms with van der Waals surface area (Å²) >= 11 is 0. The van der Waals surface area contributed by atoms with E-state index >= 15 is 0 Å². The predicted octanol–water partition coefficient (Wildman–Crippen LogP) is 8.17. The lowest BCUT2D eigenvalue weighted by Crippen LogP contribution is -2.43. The molecule has 0 bridgehead atoms. The van der Waals surface area contributed by atoms with E-state index in [2.05, 4.69) is 101 Å². The Kier molecular flexibility index (Phi) is 7.82. The van der Waals surface area contributed by atoms with Crippen molar-refractivity contribution in [3.05, 3.63) is 114 Å². The van der Waals surface area contributed by atoms with Crippen LogP contribution in [0.4, 0.5) is 22.0 Å². The Labute approximate surface area is 270 Å². The number of aryl methyl sites for hydroxylation is 1. The molecule has 0 radical (unpaired) electrons. The Morgan fingerprint density at radius 3 is 2.52 bits per heavy atom. The highest BCUT2D eigenvalue weighted by Gasteiger charge is 2.24. The molecule has 1 atom stereocenters. The van der Waals surface area contributed by atoms with Crippen LogP contribution >= 0.6 is 0 Å². The van der Waals surface area contributed by atoms with Crippen LogP contribution in [0.3, 0.4) is 0 Å². The van der Waals surface area contributed by atoms with E-state index in [-0.39, 0.29) is 17.5 Å². The first kappa shape index (κ1) is 29.7. The highest BCUT2D eigenvalue weighted by atomic mass is 16.2. The van der Waals surface area contributed by atoms with Crippen molar-refractivity contribution in [2.75, 3.05) is 22.2 Å². The van der Waals surface area contributed by atoms with Gasteiger partial charge in [-0.15, -0.1) is 0 Å². The van der Waals surface area contributed by atoms with Gasteiger partial charge in [-0.1, -0.05) is 75.4 Å². The zero-order chi connectivity index (χ0) is 31.8. The van der Waals surface area contributed by atoms with Crippen molar-refractivity contribution in [3.63, 3.8) is 0 Å². The topological polar surface area (TPSA) is 87.1 Å². The van der Waals surface area contributed by atoms with Crippen LogP contribution in [0.25, 0.3) is 22.0 Å². The third-order valence-corrected chi connectivity index (χ3v) is 8.95. The fourth-order valence-corrected chi connectivity index (χ4v) is 6.50. The molecule has 8 heteroatoms. The van der Waals surface area contributed by atoms with Gasteiger partial charge in [-0.3, -0.25) is 10.3 Å². The predicted molar refractivity (Wildman–Crippen MR) is 188 cm³/mol. The summed E-state index contributed by atoms with van der Waals surface area (Å²) in [5.74, 6) is 0.584. The van der Waals surface area contributed by atoms with E-state index in [1.165, 1.54) is 22.4 Å². The molecule has 2 aromatic heterocycles. The molecule has 2 amide bonds. The quantitative estimate of drug-likeness (QED) is 0.180. The van der Waals surface area contributed by atoms with Crippen LogP contribution < -0.4 is 21.1 Å². The number of hydrazine groups is 1. The average molecular weight is 612 g/mol. The summed E-state index contributed by atoms with van der Waals surface area (Å²) in [7, 11) is 0. The summed E-state index contributed by atoms with van der Waals surface area (Å²) in [6.07, 6.45) is 8.50. The molecule has 3 heterocycles. The summed E-state index contributed by atoms with van der Waals surface area (Å²) < 4.78 is 1.74. The van der Waals surface area contributed by atoms with Gasteiger partial charge in [0.2, 0.25) is 0 Å². The Bertz CT molecular complexity index is 1930. The van der Waals surface area contributed by atoms with Crippen molar-refractivity contribution in [2.24, 2.45) is 0 Å². The first-order chi connectivity index (χ1) is 22.2. The van der Waals surface area contributed by atoms with Gasteiger partial charge in [0.25, 0.3) is 0 Å². The SMILES string of the molecule is Cc1ccc(-n2nc(C(C)(C)C)cc2NC(=O)Nc2ccc(C3=CC(NN4CCc5ccccc54)CCC3)c3ccccc23)cn1. The number of amides is 2. The zero-order valence-electron chi connectivity index (χ0n) is 27.0. The second kappa shape index (κ2) is 12.1. The van der Waals surface area contributed by atoms with Crippen LogP contribution in [0, 0.1) is 6.92 Å². The lowest BCUT2D eigenvalue weighted by atomic mass is 9.88. The fourth-order valence-electron chi connectivity index (χ4n) is 6.50. The number of hydrogen-bond donors (Lipinski definition) is 3. The average Bonchev–Trinajstić information content (AvgIpc) is 3.66. The van der Waals surface area contributed by atoms with Gasteiger partial charge in [0.15, 0.2) is 0 Å². The molecule has 1 aliphatic carbocycles. The molecule has 0 spiro atoms. The van der Waals surface area contributed by atoms with Gasteiger partial charge in [0.05, 0.1) is 29.0 Å². The number of carbonyl (C=O) groups excluding carboxylic acids is 1. The number of urea groups is 1. The van der Waals surface area contributed by atoms with E-state index in [1.54, 1.807) is 10.9 Å². The minimum absolute atomic E-state index is 0.191. The van der Waals surface area contributed by atoms with Gasteiger partial charge in [-0.25, -0.2) is 14.9 Å². The summed E-state index contributed by atoms with van der Waals surface area (Å²) in [5.41, 5.74) is 12.2. The molecule has 0 saturated heterocycles. The van der Waals surface area contributed by atoms with Crippen LogP contribution in [-0.4, -0.2) is 33.4 Å². The number of allylic oxidation sites excluding steroid dienone is 1. The van der Waals surface area contributed by atoms with Gasteiger partial charge in [-0.05, 0) is 79.0 Å². The number of carbonyl (C=O) groups is 1. The molecular weight excluding hydrogens is 570 g/mol. The number of nitrogens with zero attached hydrogens (tertiary/aromatic N) is 4. The second-order valence-electron chi connectivity index (χ2n) is 13.4. The largest absolute Gasteiger partial charge is 0.324 e. The monoisotopic (exact) mass is 611 g/mol. The number of hydrogen-bond acceptors (Lipinski definition) is 5. The molecule has 234 valence electrons. The van der Waals surface area contributed by atoms with Crippen LogP contribution in [-0.2, 0) is 11.8 Å². The molecule has 1 unspecified atom stereocenters. The third-order valence-electron chi connectivity index (χ3n) is 8.95. The molecule has 0 fully saturated rings. The van der Waals surface area contributed by atoms with E-state index in [0.29, 0.717) is 5.82 Å². The standard InChI is InChI=1S/C38H41N7O/c1-25-16-17-29(24-39-25)45-36(23-35(43-45)38(2,3)4)41-37(46)40-33-19-18-30(31-13-6-7-14-32(31)33)27-11-9-12-28(22-27)42-44-21-20-26-10-5-8-15-34(26)44/h5-8,10,13-19,22-24,28,42H,9,11-12,20-21H2,1-4H3,(H2,40,41,46). The van der Waals surface area contributed by atoms with Crippen molar-refractivity contribution in [1.29, 1.82) is 0 Å². The number of rotatable bonds is 6. The van der Waals surface area contributed by atoms with Gasteiger partial charge < -0.3 is 10.3 Å². The molecule has 46 heavy (non-hydrogen) atoms.